The Hall–Kier alpha value is -3.42. The number of esters is 1. The van der Waals surface area contributed by atoms with E-state index in [0.717, 1.165) is 5.56 Å². The molecule has 1 aliphatic rings. The Morgan fingerprint density at radius 3 is 2.57 bits per heavy atom. The number of hydrogen-bond donors (Lipinski definition) is 0. The number of hydrogen-bond acceptors (Lipinski definition) is 7. The fraction of sp³-hybridized carbons (Fsp3) is 0.364. The summed E-state index contributed by atoms with van der Waals surface area (Å²) >= 11 is 0. The van der Waals surface area contributed by atoms with Gasteiger partial charge in [0, 0.05) is 13.1 Å². The molecule has 0 aromatic heterocycles. The fourth-order valence-electron chi connectivity index (χ4n) is 3.01. The van der Waals surface area contributed by atoms with Gasteiger partial charge in [-0.25, -0.2) is 4.79 Å². The summed E-state index contributed by atoms with van der Waals surface area (Å²) in [6.07, 6.45) is 0. The first-order valence-electron chi connectivity index (χ1n) is 9.70. The predicted molar refractivity (Wildman–Crippen MR) is 108 cm³/mol. The lowest BCUT2D eigenvalue weighted by Gasteiger charge is -2.21. The summed E-state index contributed by atoms with van der Waals surface area (Å²) in [6.45, 7) is 4.82. The van der Waals surface area contributed by atoms with Gasteiger partial charge in [-0.2, -0.15) is 0 Å². The highest BCUT2D eigenvalue weighted by Crippen LogP contribution is 2.33. The van der Waals surface area contributed by atoms with E-state index in [4.69, 9.17) is 23.7 Å². The maximum Gasteiger partial charge on any atom is 0.338 e. The maximum atomic E-state index is 12.6. The lowest BCUT2D eigenvalue weighted by Crippen LogP contribution is -2.34. The highest BCUT2D eigenvalue weighted by atomic mass is 16.7. The minimum atomic E-state index is -0.605. The number of carbonyl (C=O) groups is 2. The van der Waals surface area contributed by atoms with Gasteiger partial charge in [0.25, 0.3) is 5.91 Å². The van der Waals surface area contributed by atoms with Gasteiger partial charge in [0.05, 0.1) is 19.3 Å². The number of carbonyl (C=O) groups excluding carboxylic acids is 2. The summed E-state index contributed by atoms with van der Waals surface area (Å²) in [4.78, 5) is 26.6. The van der Waals surface area contributed by atoms with E-state index in [1.165, 1.54) is 7.11 Å². The monoisotopic (exact) mass is 415 g/mol. The van der Waals surface area contributed by atoms with Crippen LogP contribution in [0.2, 0.25) is 0 Å². The van der Waals surface area contributed by atoms with E-state index in [2.05, 4.69) is 0 Å². The largest absolute Gasteiger partial charge is 0.493 e. The van der Waals surface area contributed by atoms with Crippen LogP contribution in [0.3, 0.4) is 0 Å². The normalized spacial score (nSPS) is 11.7. The molecule has 1 aliphatic heterocycles. The first kappa shape index (κ1) is 21.3. The van der Waals surface area contributed by atoms with E-state index in [-0.39, 0.29) is 24.9 Å². The lowest BCUT2D eigenvalue weighted by atomic mass is 10.2. The van der Waals surface area contributed by atoms with Crippen LogP contribution in [-0.4, -0.2) is 50.4 Å². The Bertz CT molecular complexity index is 912. The van der Waals surface area contributed by atoms with Gasteiger partial charge >= 0.3 is 5.97 Å². The van der Waals surface area contributed by atoms with Gasteiger partial charge in [-0.05, 0) is 49.7 Å². The third-order valence-electron chi connectivity index (χ3n) is 4.57. The summed E-state index contributed by atoms with van der Waals surface area (Å²) < 4.78 is 26.6. The zero-order chi connectivity index (χ0) is 21.5. The zero-order valence-electron chi connectivity index (χ0n) is 17.3. The summed E-state index contributed by atoms with van der Waals surface area (Å²) in [7, 11) is 1.52. The molecule has 1 heterocycles. The molecule has 2 aromatic rings. The van der Waals surface area contributed by atoms with Gasteiger partial charge in [0.2, 0.25) is 6.79 Å². The van der Waals surface area contributed by atoms with Crippen LogP contribution in [0, 0.1) is 0 Å². The Morgan fingerprint density at radius 2 is 1.83 bits per heavy atom. The number of benzene rings is 2. The van der Waals surface area contributed by atoms with E-state index in [1.54, 1.807) is 23.1 Å². The molecular formula is C22H25NO7. The Balaban J connectivity index is 1.59. The van der Waals surface area contributed by atoms with Gasteiger partial charge in [0.15, 0.2) is 29.6 Å². The van der Waals surface area contributed by atoms with Crippen molar-refractivity contribution in [3.05, 3.63) is 47.5 Å². The van der Waals surface area contributed by atoms with Crippen LogP contribution >= 0.6 is 0 Å². The second-order valence-corrected chi connectivity index (χ2v) is 6.47. The van der Waals surface area contributed by atoms with Crippen LogP contribution in [0.1, 0.15) is 29.8 Å². The quantitative estimate of drug-likeness (QED) is 0.582. The van der Waals surface area contributed by atoms with Crippen molar-refractivity contribution in [1.29, 1.82) is 0 Å². The van der Waals surface area contributed by atoms with E-state index in [0.29, 0.717) is 42.7 Å². The number of amides is 1. The highest BCUT2D eigenvalue weighted by molar-refractivity contribution is 5.92. The maximum absolute atomic E-state index is 12.6. The number of ether oxygens (including phenoxy) is 5. The molecule has 0 saturated heterocycles. The summed E-state index contributed by atoms with van der Waals surface area (Å²) in [5.74, 6) is 1.41. The molecule has 0 bridgehead atoms. The van der Waals surface area contributed by atoms with Gasteiger partial charge in [-0.1, -0.05) is 6.07 Å². The number of rotatable bonds is 9. The topological polar surface area (TPSA) is 83.5 Å². The van der Waals surface area contributed by atoms with E-state index in [1.807, 2.05) is 32.0 Å². The molecule has 2 aromatic carbocycles. The van der Waals surface area contributed by atoms with Crippen molar-refractivity contribution >= 4 is 11.9 Å². The first-order chi connectivity index (χ1) is 14.5. The smallest absolute Gasteiger partial charge is 0.338 e. The highest BCUT2D eigenvalue weighted by Gasteiger charge is 2.19. The number of fused-ring (bicyclic) bond motifs is 1. The Morgan fingerprint density at radius 1 is 1.03 bits per heavy atom. The molecular weight excluding hydrogens is 390 g/mol. The molecule has 160 valence electrons. The summed E-state index contributed by atoms with van der Waals surface area (Å²) in [6, 6.07) is 10.3. The molecule has 8 heteroatoms. The van der Waals surface area contributed by atoms with Crippen LogP contribution in [-0.2, 0) is 16.1 Å². The van der Waals surface area contributed by atoms with E-state index >= 15 is 0 Å². The first-order valence-corrected chi connectivity index (χ1v) is 9.70. The molecule has 30 heavy (non-hydrogen) atoms. The molecule has 0 spiro atoms. The molecule has 0 aliphatic carbocycles. The van der Waals surface area contributed by atoms with Crippen molar-refractivity contribution in [2.45, 2.75) is 20.4 Å². The van der Waals surface area contributed by atoms with Gasteiger partial charge < -0.3 is 28.6 Å². The standard InChI is InChI=1S/C22H25NO7/c1-4-23(12-15-6-8-18-19(10-15)30-14-29-18)21(24)13-28-22(25)16-7-9-17(26-3)20(11-16)27-5-2/h6-11H,4-5,12-14H2,1-3H3. The molecule has 8 nitrogen and oxygen atoms in total. The Kier molecular flexibility index (Phi) is 7.00. The van der Waals surface area contributed by atoms with Crippen molar-refractivity contribution in [1.82, 2.24) is 4.90 Å². The second kappa shape index (κ2) is 9.87. The van der Waals surface area contributed by atoms with Crippen molar-refractivity contribution in [3.8, 4) is 23.0 Å². The summed E-state index contributed by atoms with van der Waals surface area (Å²) in [5, 5.41) is 0. The van der Waals surface area contributed by atoms with Crippen LogP contribution in [0.4, 0.5) is 0 Å². The second-order valence-electron chi connectivity index (χ2n) is 6.47. The molecule has 0 unspecified atom stereocenters. The molecule has 1 amide bonds. The average Bonchev–Trinajstić information content (AvgIpc) is 3.23. The lowest BCUT2D eigenvalue weighted by molar-refractivity contribution is -0.134. The van der Waals surface area contributed by atoms with E-state index in [9.17, 15) is 9.59 Å². The van der Waals surface area contributed by atoms with Gasteiger partial charge in [0.1, 0.15) is 0 Å². The third-order valence-corrected chi connectivity index (χ3v) is 4.57. The van der Waals surface area contributed by atoms with Crippen molar-refractivity contribution in [2.24, 2.45) is 0 Å². The third kappa shape index (κ3) is 4.94. The number of methoxy groups -OCH3 is 1. The molecule has 0 saturated carbocycles. The zero-order valence-corrected chi connectivity index (χ0v) is 17.3. The van der Waals surface area contributed by atoms with Crippen LogP contribution in [0.5, 0.6) is 23.0 Å². The van der Waals surface area contributed by atoms with Crippen LogP contribution in [0.15, 0.2) is 36.4 Å². The number of likely N-dealkylation sites (N-methyl/N-ethyl adjacent to an activating group) is 1. The SMILES string of the molecule is CCOc1cc(C(=O)OCC(=O)N(CC)Cc2ccc3c(c2)OCO3)ccc1OC. The predicted octanol–water partition coefficient (Wildman–Crippen LogP) is 3.03. The minimum Gasteiger partial charge on any atom is -0.493 e. The summed E-state index contributed by atoms with van der Waals surface area (Å²) in [5.41, 5.74) is 1.18. The Labute approximate surface area is 175 Å². The van der Waals surface area contributed by atoms with Gasteiger partial charge in [-0.15, -0.1) is 0 Å². The number of nitrogens with zero attached hydrogens (tertiary/aromatic N) is 1. The molecule has 0 fully saturated rings. The van der Waals surface area contributed by atoms with Crippen molar-refractivity contribution < 1.29 is 33.3 Å². The van der Waals surface area contributed by atoms with E-state index < -0.39 is 5.97 Å². The van der Waals surface area contributed by atoms with Gasteiger partial charge in [-0.3, -0.25) is 4.79 Å². The minimum absolute atomic E-state index is 0.196. The van der Waals surface area contributed by atoms with Crippen LogP contribution in [0.25, 0.3) is 0 Å². The molecule has 0 radical (unpaired) electrons. The average molecular weight is 415 g/mol. The van der Waals surface area contributed by atoms with Crippen molar-refractivity contribution in [3.63, 3.8) is 0 Å². The molecule has 0 N–H and O–H groups in total. The van der Waals surface area contributed by atoms with Crippen LogP contribution < -0.4 is 18.9 Å². The van der Waals surface area contributed by atoms with Crippen molar-refractivity contribution in [2.75, 3.05) is 33.7 Å². The molecule has 3 rings (SSSR count). The fourth-order valence-corrected chi connectivity index (χ4v) is 3.01. The molecule has 0 atom stereocenters.